The van der Waals surface area contributed by atoms with E-state index in [9.17, 15) is 4.79 Å². The smallest absolute Gasteiger partial charge is 0.166 e. The highest BCUT2D eigenvalue weighted by molar-refractivity contribution is 9.09. The van der Waals surface area contributed by atoms with Crippen molar-refractivity contribution in [3.05, 3.63) is 29.8 Å². The van der Waals surface area contributed by atoms with Gasteiger partial charge in [0.15, 0.2) is 17.3 Å². The Morgan fingerprint density at radius 2 is 2.07 bits per heavy atom. The zero-order valence-electron chi connectivity index (χ0n) is 7.27. The maximum Gasteiger partial charge on any atom is 0.166 e. The van der Waals surface area contributed by atoms with Gasteiger partial charge >= 0.3 is 0 Å². The molecule has 0 aromatic heterocycles. The van der Waals surface area contributed by atoms with E-state index in [1.54, 1.807) is 12.1 Å². The number of hydrogen-bond acceptors (Lipinski definition) is 3. The van der Waals surface area contributed by atoms with Crippen molar-refractivity contribution in [2.45, 2.75) is 0 Å². The van der Waals surface area contributed by atoms with Crippen LogP contribution in [-0.2, 0) is 4.79 Å². The van der Waals surface area contributed by atoms with Gasteiger partial charge in [0.2, 0.25) is 0 Å². The topological polar surface area (TPSA) is 57.5 Å². The second-order valence-electron chi connectivity index (χ2n) is 2.68. The molecule has 0 saturated heterocycles. The normalized spacial score (nSPS) is 10.6. The maximum absolute atomic E-state index is 10.9. The fourth-order valence-corrected chi connectivity index (χ4v) is 1.06. The molecule has 0 aliphatic rings. The van der Waals surface area contributed by atoms with Gasteiger partial charge in [-0.25, -0.2) is 0 Å². The van der Waals surface area contributed by atoms with Gasteiger partial charge in [0.1, 0.15) is 0 Å². The van der Waals surface area contributed by atoms with Gasteiger partial charge in [-0.05, 0) is 23.8 Å². The van der Waals surface area contributed by atoms with Gasteiger partial charge in [0.25, 0.3) is 0 Å². The Hall–Kier alpha value is -1.29. The average molecular weight is 257 g/mol. The molecule has 0 fully saturated rings. The molecule has 0 heterocycles. The zero-order chi connectivity index (χ0) is 10.6. The zero-order valence-corrected chi connectivity index (χ0v) is 8.86. The molecule has 0 atom stereocenters. The van der Waals surface area contributed by atoms with Crippen LogP contribution in [0.15, 0.2) is 24.3 Å². The molecule has 0 saturated carbocycles. The Morgan fingerprint density at radius 1 is 1.36 bits per heavy atom. The van der Waals surface area contributed by atoms with Gasteiger partial charge in [-0.3, -0.25) is 4.79 Å². The molecule has 0 aliphatic heterocycles. The standard InChI is InChI=1S/C10H9BrO3/c11-6-8(12)3-1-7-2-4-9(13)10(14)5-7/h1-5,13-14H,6H2/b3-1+. The number of carbonyl (C=O) groups excluding carboxylic acids is 1. The SMILES string of the molecule is O=C(/C=C/c1ccc(O)c(O)c1)CBr. The van der Waals surface area contributed by atoms with Crippen LogP contribution in [0, 0.1) is 0 Å². The minimum absolute atomic E-state index is 0.0578. The fourth-order valence-electron chi connectivity index (χ4n) is 0.878. The molecule has 0 unspecified atom stereocenters. The van der Waals surface area contributed by atoms with E-state index in [1.807, 2.05) is 0 Å². The third-order valence-electron chi connectivity index (χ3n) is 1.59. The van der Waals surface area contributed by atoms with Gasteiger partial charge in [-0.2, -0.15) is 0 Å². The number of phenols is 2. The molecule has 0 aliphatic carbocycles. The third kappa shape index (κ3) is 2.88. The number of aromatic hydroxyl groups is 2. The highest BCUT2D eigenvalue weighted by Gasteiger charge is 1.98. The first-order valence-electron chi connectivity index (χ1n) is 3.92. The number of rotatable bonds is 3. The Morgan fingerprint density at radius 3 is 2.64 bits per heavy atom. The van der Waals surface area contributed by atoms with Gasteiger partial charge in [-0.15, -0.1) is 0 Å². The molecule has 14 heavy (non-hydrogen) atoms. The molecule has 74 valence electrons. The van der Waals surface area contributed by atoms with Crippen molar-refractivity contribution in [2.24, 2.45) is 0 Å². The molecule has 1 rings (SSSR count). The van der Waals surface area contributed by atoms with Crippen LogP contribution in [0.4, 0.5) is 0 Å². The molecule has 0 amide bonds. The Balaban J connectivity index is 2.83. The molecule has 0 bridgehead atoms. The molecule has 0 spiro atoms. The molecule has 0 radical (unpaired) electrons. The molecule has 2 N–H and O–H groups in total. The number of benzene rings is 1. The van der Waals surface area contributed by atoms with Gasteiger partial charge < -0.3 is 10.2 Å². The average Bonchev–Trinajstić information content (AvgIpc) is 2.19. The first kappa shape index (κ1) is 10.8. The van der Waals surface area contributed by atoms with Crippen LogP contribution in [-0.4, -0.2) is 21.3 Å². The molecule has 4 heteroatoms. The van der Waals surface area contributed by atoms with Crippen LogP contribution in [0.1, 0.15) is 5.56 Å². The number of alkyl halides is 1. The summed E-state index contributed by atoms with van der Waals surface area (Å²) in [6.07, 6.45) is 2.98. The summed E-state index contributed by atoms with van der Waals surface area (Å²) in [5, 5.41) is 18.4. The van der Waals surface area contributed by atoms with E-state index < -0.39 is 0 Å². The number of ketones is 1. The summed E-state index contributed by atoms with van der Waals surface area (Å²) in [4.78, 5) is 10.9. The summed E-state index contributed by atoms with van der Waals surface area (Å²) in [5.41, 5.74) is 0.662. The van der Waals surface area contributed by atoms with Gasteiger partial charge in [0.05, 0.1) is 5.33 Å². The van der Waals surface area contributed by atoms with Crippen molar-refractivity contribution in [3.63, 3.8) is 0 Å². The van der Waals surface area contributed by atoms with Crippen LogP contribution in [0.3, 0.4) is 0 Å². The number of hydrogen-bond donors (Lipinski definition) is 2. The largest absolute Gasteiger partial charge is 0.504 e. The minimum atomic E-state index is -0.196. The Labute approximate surface area is 89.8 Å². The number of allylic oxidation sites excluding steroid dienone is 1. The summed E-state index contributed by atoms with van der Waals surface area (Å²) < 4.78 is 0. The molecule has 3 nitrogen and oxygen atoms in total. The lowest BCUT2D eigenvalue weighted by Gasteiger charge is -1.97. The minimum Gasteiger partial charge on any atom is -0.504 e. The van der Waals surface area contributed by atoms with Crippen molar-refractivity contribution < 1.29 is 15.0 Å². The second kappa shape index (κ2) is 4.81. The first-order valence-corrected chi connectivity index (χ1v) is 5.04. The highest BCUT2D eigenvalue weighted by Crippen LogP contribution is 2.25. The monoisotopic (exact) mass is 256 g/mol. The Bertz CT molecular complexity index is 372. The predicted molar refractivity (Wildman–Crippen MR) is 57.6 cm³/mol. The van der Waals surface area contributed by atoms with Crippen molar-refractivity contribution in [3.8, 4) is 11.5 Å². The van der Waals surface area contributed by atoms with E-state index in [4.69, 9.17) is 10.2 Å². The Kier molecular flexibility index (Phi) is 3.71. The van der Waals surface area contributed by atoms with Crippen LogP contribution < -0.4 is 0 Å². The van der Waals surface area contributed by atoms with E-state index in [0.29, 0.717) is 5.56 Å². The van der Waals surface area contributed by atoms with Crippen LogP contribution in [0.2, 0.25) is 0 Å². The van der Waals surface area contributed by atoms with Crippen molar-refractivity contribution in [1.82, 2.24) is 0 Å². The second-order valence-corrected chi connectivity index (χ2v) is 3.24. The highest BCUT2D eigenvalue weighted by atomic mass is 79.9. The lowest BCUT2D eigenvalue weighted by atomic mass is 10.2. The summed E-state index contributed by atoms with van der Waals surface area (Å²) in [5.74, 6) is -0.426. The lowest BCUT2D eigenvalue weighted by Crippen LogP contribution is -1.90. The molecule has 1 aromatic carbocycles. The molecule has 1 aromatic rings. The summed E-state index contributed by atoms with van der Waals surface area (Å²) >= 11 is 3.02. The van der Waals surface area contributed by atoms with Crippen molar-refractivity contribution in [2.75, 3.05) is 5.33 Å². The van der Waals surface area contributed by atoms with Crippen molar-refractivity contribution in [1.29, 1.82) is 0 Å². The third-order valence-corrected chi connectivity index (χ3v) is 2.15. The number of phenolic OH excluding ortho intramolecular Hbond substituents is 2. The summed E-state index contributed by atoms with van der Waals surface area (Å²) in [6.45, 7) is 0. The van der Waals surface area contributed by atoms with Crippen LogP contribution in [0.5, 0.6) is 11.5 Å². The van der Waals surface area contributed by atoms with Crippen LogP contribution in [0.25, 0.3) is 6.08 Å². The van der Waals surface area contributed by atoms with Crippen molar-refractivity contribution >= 4 is 27.8 Å². The lowest BCUT2D eigenvalue weighted by molar-refractivity contribution is -0.112. The first-order chi connectivity index (χ1) is 6.63. The fraction of sp³-hybridized carbons (Fsp3) is 0.100. The molecular weight excluding hydrogens is 248 g/mol. The summed E-state index contributed by atoms with van der Waals surface area (Å²) in [7, 11) is 0. The van der Waals surface area contributed by atoms with Gasteiger partial charge in [0, 0.05) is 0 Å². The van der Waals surface area contributed by atoms with E-state index in [-0.39, 0.29) is 22.6 Å². The molecular formula is C10H9BrO3. The van der Waals surface area contributed by atoms with Gasteiger partial charge in [-0.1, -0.05) is 28.1 Å². The van der Waals surface area contributed by atoms with E-state index in [2.05, 4.69) is 15.9 Å². The summed E-state index contributed by atoms with van der Waals surface area (Å²) in [6, 6.07) is 4.36. The maximum atomic E-state index is 10.9. The van der Waals surface area contributed by atoms with E-state index >= 15 is 0 Å². The predicted octanol–water partition coefficient (Wildman–Crippen LogP) is 2.08. The number of carbonyl (C=O) groups is 1. The quantitative estimate of drug-likeness (QED) is 0.495. The van der Waals surface area contributed by atoms with E-state index in [0.717, 1.165) is 0 Å². The van der Waals surface area contributed by atoms with E-state index in [1.165, 1.54) is 18.2 Å². The van der Waals surface area contributed by atoms with Crippen LogP contribution >= 0.6 is 15.9 Å². The number of halogens is 1.